The molecule has 0 bridgehead atoms. The predicted molar refractivity (Wildman–Crippen MR) is 101 cm³/mol. The number of ketones is 1. The van der Waals surface area contributed by atoms with E-state index in [9.17, 15) is 14.0 Å². The third-order valence-electron chi connectivity index (χ3n) is 4.39. The van der Waals surface area contributed by atoms with E-state index in [2.05, 4.69) is 0 Å². The number of carbonyl (C=O) groups excluding carboxylic acids is 2. The van der Waals surface area contributed by atoms with Crippen LogP contribution in [0.4, 0.5) is 10.1 Å². The maximum Gasteiger partial charge on any atom is 0.237 e. The van der Waals surface area contributed by atoms with Crippen molar-refractivity contribution in [2.75, 3.05) is 24.3 Å². The number of Topliss-reactive ketones (excluding diaryl/α,β-unsaturated/α-hetero) is 1. The molecule has 0 saturated carbocycles. The number of thioether (sulfide) groups is 1. The molecule has 6 heteroatoms. The van der Waals surface area contributed by atoms with Gasteiger partial charge >= 0.3 is 0 Å². The van der Waals surface area contributed by atoms with Crippen LogP contribution in [-0.2, 0) is 11.2 Å². The molecule has 1 amide bonds. The molecule has 4 nitrogen and oxygen atoms in total. The Bertz CT molecular complexity index is 839. The fourth-order valence-electron chi connectivity index (χ4n) is 3.08. The van der Waals surface area contributed by atoms with E-state index in [1.807, 2.05) is 18.2 Å². The summed E-state index contributed by atoms with van der Waals surface area (Å²) in [6, 6.07) is 10.1. The summed E-state index contributed by atoms with van der Waals surface area (Å²) in [5.74, 6) is 0.0436. The first kappa shape index (κ1) is 18.5. The zero-order valence-electron chi connectivity index (χ0n) is 14.8. The van der Waals surface area contributed by atoms with Crippen LogP contribution in [0.3, 0.4) is 0 Å². The summed E-state index contributed by atoms with van der Waals surface area (Å²) in [5, 5.41) is 0. The maximum absolute atomic E-state index is 14.1. The van der Waals surface area contributed by atoms with E-state index in [1.165, 1.54) is 13.0 Å². The van der Waals surface area contributed by atoms with Gasteiger partial charge in [-0.15, -0.1) is 11.8 Å². The minimum atomic E-state index is -0.480. The Labute approximate surface area is 156 Å². The Morgan fingerprint density at radius 3 is 2.77 bits per heavy atom. The molecule has 26 heavy (non-hydrogen) atoms. The van der Waals surface area contributed by atoms with Crippen molar-refractivity contribution in [3.05, 3.63) is 53.3 Å². The first-order valence-corrected chi connectivity index (χ1v) is 9.39. The molecule has 2 aromatic carbocycles. The highest BCUT2D eigenvalue weighted by Crippen LogP contribution is 2.36. The number of ether oxygens (including phenoxy) is 1. The Hall–Kier alpha value is -2.34. The smallest absolute Gasteiger partial charge is 0.237 e. The highest BCUT2D eigenvalue weighted by molar-refractivity contribution is 8.00. The van der Waals surface area contributed by atoms with Crippen LogP contribution in [0.25, 0.3) is 0 Å². The van der Waals surface area contributed by atoms with E-state index in [4.69, 9.17) is 4.74 Å². The van der Waals surface area contributed by atoms with Crippen LogP contribution < -0.4 is 9.64 Å². The van der Waals surface area contributed by atoms with Gasteiger partial charge in [0.2, 0.25) is 5.91 Å². The van der Waals surface area contributed by atoms with Gasteiger partial charge in [-0.25, -0.2) is 4.39 Å². The van der Waals surface area contributed by atoms with E-state index >= 15 is 0 Å². The molecule has 0 atom stereocenters. The molecule has 0 fully saturated rings. The lowest BCUT2D eigenvalue weighted by Crippen LogP contribution is -2.37. The normalized spacial score (nSPS) is 13.3. The molecule has 0 saturated heterocycles. The van der Waals surface area contributed by atoms with Crippen molar-refractivity contribution >= 4 is 29.1 Å². The monoisotopic (exact) mass is 373 g/mol. The quantitative estimate of drug-likeness (QED) is 0.585. The third kappa shape index (κ3) is 3.75. The van der Waals surface area contributed by atoms with Gasteiger partial charge in [0.1, 0.15) is 11.6 Å². The van der Waals surface area contributed by atoms with Crippen LogP contribution in [-0.4, -0.2) is 31.1 Å². The second kappa shape index (κ2) is 7.91. The second-order valence-corrected chi connectivity index (χ2v) is 7.12. The minimum Gasteiger partial charge on any atom is -0.495 e. The number of carbonyl (C=O) groups is 2. The van der Waals surface area contributed by atoms with E-state index in [-0.39, 0.29) is 17.4 Å². The number of halogens is 1. The van der Waals surface area contributed by atoms with Crippen molar-refractivity contribution in [2.45, 2.75) is 24.7 Å². The fraction of sp³-hybridized carbons (Fsp3) is 0.300. The van der Waals surface area contributed by atoms with E-state index in [1.54, 1.807) is 24.1 Å². The van der Waals surface area contributed by atoms with Gasteiger partial charge in [-0.3, -0.25) is 9.59 Å². The topological polar surface area (TPSA) is 46.6 Å². The van der Waals surface area contributed by atoms with Crippen molar-refractivity contribution in [3.8, 4) is 5.75 Å². The largest absolute Gasteiger partial charge is 0.495 e. The molecule has 0 spiro atoms. The number of aryl methyl sites for hydroxylation is 1. The molecular formula is C20H20FNO3S. The molecule has 2 aromatic rings. The molecule has 3 rings (SSSR count). The number of hydrogen-bond donors (Lipinski definition) is 0. The van der Waals surface area contributed by atoms with Crippen LogP contribution in [0.5, 0.6) is 5.75 Å². The summed E-state index contributed by atoms with van der Waals surface area (Å²) in [5.41, 5.74) is 2.23. The molecule has 0 radical (unpaired) electrons. The SMILES string of the molecule is COc1cccc2c1N(C(=O)CSc1ccc(C(C)=O)cc1F)CCC2. The lowest BCUT2D eigenvalue weighted by atomic mass is 10.0. The Morgan fingerprint density at radius 2 is 2.08 bits per heavy atom. The number of benzene rings is 2. The number of anilines is 1. The van der Waals surface area contributed by atoms with Gasteiger partial charge in [0, 0.05) is 17.0 Å². The van der Waals surface area contributed by atoms with Crippen molar-refractivity contribution in [1.29, 1.82) is 0 Å². The molecule has 0 N–H and O–H groups in total. The number of nitrogens with zero attached hydrogens (tertiary/aromatic N) is 1. The third-order valence-corrected chi connectivity index (χ3v) is 5.42. The molecule has 0 aliphatic carbocycles. The van der Waals surface area contributed by atoms with E-state index in [0.717, 1.165) is 35.9 Å². The molecule has 0 aromatic heterocycles. The van der Waals surface area contributed by atoms with Gasteiger partial charge in [0.15, 0.2) is 5.78 Å². The lowest BCUT2D eigenvalue weighted by Gasteiger charge is -2.30. The summed E-state index contributed by atoms with van der Waals surface area (Å²) >= 11 is 1.14. The molecule has 1 aliphatic heterocycles. The Balaban J connectivity index is 1.75. The fourth-order valence-corrected chi connectivity index (χ4v) is 3.88. The van der Waals surface area contributed by atoms with Gasteiger partial charge in [0.25, 0.3) is 0 Å². The Kier molecular flexibility index (Phi) is 5.61. The average molecular weight is 373 g/mol. The van der Waals surface area contributed by atoms with Crippen molar-refractivity contribution in [3.63, 3.8) is 0 Å². The van der Waals surface area contributed by atoms with Gasteiger partial charge in [-0.2, -0.15) is 0 Å². The first-order chi connectivity index (χ1) is 12.5. The number of methoxy groups -OCH3 is 1. The molecule has 0 unspecified atom stereocenters. The number of hydrogen-bond acceptors (Lipinski definition) is 4. The highest BCUT2D eigenvalue weighted by Gasteiger charge is 2.26. The number of amides is 1. The zero-order valence-corrected chi connectivity index (χ0v) is 15.6. The van der Waals surface area contributed by atoms with E-state index in [0.29, 0.717) is 22.8 Å². The maximum atomic E-state index is 14.1. The number of fused-ring (bicyclic) bond motifs is 1. The lowest BCUT2D eigenvalue weighted by molar-refractivity contribution is -0.116. The standard InChI is InChI=1S/C20H20FNO3S/c1-13(23)15-8-9-18(16(21)11-15)26-12-19(24)22-10-4-6-14-5-3-7-17(25-2)20(14)22/h3,5,7-9,11H,4,6,10,12H2,1-2H3. The average Bonchev–Trinajstić information content (AvgIpc) is 2.65. The molecule has 1 aliphatic rings. The number of para-hydroxylation sites is 1. The summed E-state index contributed by atoms with van der Waals surface area (Å²) in [6.45, 7) is 2.02. The summed E-state index contributed by atoms with van der Waals surface area (Å²) < 4.78 is 19.6. The predicted octanol–water partition coefficient (Wildman–Crippen LogP) is 4.11. The molecule has 136 valence electrons. The van der Waals surface area contributed by atoms with Crippen molar-refractivity contribution < 1.29 is 18.7 Å². The van der Waals surface area contributed by atoms with E-state index < -0.39 is 5.82 Å². The van der Waals surface area contributed by atoms with Crippen molar-refractivity contribution in [2.24, 2.45) is 0 Å². The van der Waals surface area contributed by atoms with Gasteiger partial charge in [-0.05, 0) is 43.5 Å². The second-order valence-electron chi connectivity index (χ2n) is 6.11. The van der Waals surface area contributed by atoms with Gasteiger partial charge in [-0.1, -0.05) is 18.2 Å². The van der Waals surface area contributed by atoms with Crippen LogP contribution >= 0.6 is 11.8 Å². The number of rotatable bonds is 5. The van der Waals surface area contributed by atoms with Crippen LogP contribution in [0.2, 0.25) is 0 Å². The summed E-state index contributed by atoms with van der Waals surface area (Å²) in [4.78, 5) is 26.2. The first-order valence-electron chi connectivity index (χ1n) is 8.41. The summed E-state index contributed by atoms with van der Waals surface area (Å²) in [6.07, 6.45) is 1.79. The van der Waals surface area contributed by atoms with Crippen LogP contribution in [0, 0.1) is 5.82 Å². The molecular weight excluding hydrogens is 353 g/mol. The molecule has 1 heterocycles. The summed E-state index contributed by atoms with van der Waals surface area (Å²) in [7, 11) is 1.59. The Morgan fingerprint density at radius 1 is 1.27 bits per heavy atom. The minimum absolute atomic E-state index is 0.0875. The zero-order chi connectivity index (χ0) is 18.7. The van der Waals surface area contributed by atoms with Gasteiger partial charge < -0.3 is 9.64 Å². The highest BCUT2D eigenvalue weighted by atomic mass is 32.2. The van der Waals surface area contributed by atoms with Crippen molar-refractivity contribution in [1.82, 2.24) is 0 Å². The van der Waals surface area contributed by atoms with Crippen LogP contribution in [0.15, 0.2) is 41.3 Å². The van der Waals surface area contributed by atoms with Crippen LogP contribution in [0.1, 0.15) is 29.3 Å². The van der Waals surface area contributed by atoms with Gasteiger partial charge in [0.05, 0.1) is 18.6 Å².